The topological polar surface area (TPSA) is 114 Å². The van der Waals surface area contributed by atoms with Crippen molar-refractivity contribution in [1.29, 1.82) is 0 Å². The van der Waals surface area contributed by atoms with E-state index in [-0.39, 0.29) is 29.1 Å². The molecule has 3 heterocycles. The van der Waals surface area contributed by atoms with Crippen molar-refractivity contribution in [3.05, 3.63) is 64.6 Å². The van der Waals surface area contributed by atoms with Gasteiger partial charge in [0.2, 0.25) is 0 Å². The third-order valence-corrected chi connectivity index (χ3v) is 7.52. The van der Waals surface area contributed by atoms with Crippen LogP contribution in [0.25, 0.3) is 11.0 Å². The van der Waals surface area contributed by atoms with Crippen molar-refractivity contribution in [1.82, 2.24) is 14.5 Å². The zero-order chi connectivity index (χ0) is 23.0. The molecule has 0 aliphatic carbocycles. The second-order valence-electron chi connectivity index (χ2n) is 8.27. The number of fused-ring (bicyclic) bond motifs is 2. The summed E-state index contributed by atoms with van der Waals surface area (Å²) in [5.74, 6) is -0.0187. The predicted octanol–water partition coefficient (Wildman–Crippen LogP) is 2.12. The van der Waals surface area contributed by atoms with Crippen LogP contribution < -0.4 is 5.69 Å². The number of aromatic nitrogens is 2. The van der Waals surface area contributed by atoms with Crippen molar-refractivity contribution in [3.63, 3.8) is 0 Å². The highest BCUT2D eigenvalue weighted by Crippen LogP contribution is 2.29. The molecule has 3 aromatic rings. The van der Waals surface area contributed by atoms with Crippen LogP contribution in [0.5, 0.6) is 0 Å². The zero-order valence-electron chi connectivity index (χ0n) is 17.9. The fourth-order valence-corrected chi connectivity index (χ4v) is 5.71. The van der Waals surface area contributed by atoms with Crippen LogP contribution in [0, 0.1) is 5.92 Å². The van der Waals surface area contributed by atoms with Gasteiger partial charge in [-0.1, -0.05) is 24.3 Å². The predicted molar refractivity (Wildman–Crippen MR) is 123 cm³/mol. The van der Waals surface area contributed by atoms with Gasteiger partial charge in [-0.15, -0.1) is 4.40 Å². The van der Waals surface area contributed by atoms with E-state index in [0.717, 1.165) is 11.0 Å². The lowest BCUT2D eigenvalue weighted by Gasteiger charge is -2.32. The maximum atomic E-state index is 12.5. The fraction of sp³-hybridized carbons (Fsp3) is 0.348. The van der Waals surface area contributed by atoms with Crippen molar-refractivity contribution < 1.29 is 17.9 Å². The molecule has 0 saturated carbocycles. The Bertz CT molecular complexity index is 1400. The highest BCUT2D eigenvalue weighted by molar-refractivity contribution is 7.90. The van der Waals surface area contributed by atoms with Gasteiger partial charge >= 0.3 is 11.7 Å². The number of rotatable bonds is 5. The van der Waals surface area contributed by atoms with Crippen molar-refractivity contribution in [3.8, 4) is 0 Å². The molecule has 2 aliphatic rings. The van der Waals surface area contributed by atoms with Gasteiger partial charge in [-0.25, -0.2) is 4.79 Å². The Kier molecular flexibility index (Phi) is 5.53. The average molecular weight is 469 g/mol. The number of aryl methyl sites for hydroxylation is 1. The molecule has 0 radical (unpaired) electrons. The number of aromatic amines is 1. The first-order chi connectivity index (χ1) is 15.9. The number of carbonyl (C=O) groups excluding carboxylic acids is 1. The van der Waals surface area contributed by atoms with Gasteiger partial charge in [-0.2, -0.15) is 8.42 Å². The number of amidine groups is 1. The van der Waals surface area contributed by atoms with Crippen LogP contribution in [-0.2, 0) is 26.1 Å². The van der Waals surface area contributed by atoms with Crippen molar-refractivity contribution in [2.24, 2.45) is 10.3 Å². The van der Waals surface area contributed by atoms with Gasteiger partial charge in [-0.3, -0.25) is 9.36 Å². The minimum absolute atomic E-state index is 0.173. The third kappa shape index (κ3) is 4.06. The smallest absolute Gasteiger partial charge is 0.326 e. The van der Waals surface area contributed by atoms with E-state index >= 15 is 0 Å². The van der Waals surface area contributed by atoms with Crippen LogP contribution in [0.15, 0.2) is 62.6 Å². The lowest BCUT2D eigenvalue weighted by atomic mass is 9.96. The van der Waals surface area contributed by atoms with Gasteiger partial charge in [0.1, 0.15) is 4.90 Å². The van der Waals surface area contributed by atoms with E-state index in [1.807, 2.05) is 29.2 Å². The second kappa shape index (κ2) is 8.51. The number of likely N-dealkylation sites (tertiary alicyclic amines) is 1. The Morgan fingerprint density at radius 1 is 1.09 bits per heavy atom. The summed E-state index contributed by atoms with van der Waals surface area (Å²) < 4.78 is 35.7. The van der Waals surface area contributed by atoms with E-state index in [1.165, 1.54) is 0 Å². The lowest BCUT2D eigenvalue weighted by molar-refractivity contribution is -0.150. The van der Waals surface area contributed by atoms with Crippen LogP contribution in [0.4, 0.5) is 0 Å². The van der Waals surface area contributed by atoms with E-state index in [9.17, 15) is 18.0 Å². The van der Waals surface area contributed by atoms with Crippen LogP contribution in [0.1, 0.15) is 24.8 Å². The molecule has 9 nitrogen and oxygen atoms in total. The molecule has 10 heteroatoms. The summed E-state index contributed by atoms with van der Waals surface area (Å²) in [6.07, 6.45) is 1.68. The molecule has 0 unspecified atom stereocenters. The van der Waals surface area contributed by atoms with Crippen LogP contribution in [-0.4, -0.2) is 54.4 Å². The molecule has 1 aromatic heterocycles. The Balaban J connectivity index is 1.13. The molecule has 0 atom stereocenters. The van der Waals surface area contributed by atoms with Gasteiger partial charge in [-0.05, 0) is 43.5 Å². The molecule has 2 aromatic carbocycles. The number of nitrogens with one attached hydrogen (secondary N) is 1. The SMILES string of the molecule is O=C(OCCCn1c(=O)[nH]c2ccccc21)C1CCN(C2=NS(=O)(=O)c3ccccc32)CC1. The highest BCUT2D eigenvalue weighted by atomic mass is 32.2. The maximum Gasteiger partial charge on any atom is 0.326 e. The van der Waals surface area contributed by atoms with Gasteiger partial charge in [0.25, 0.3) is 10.0 Å². The lowest BCUT2D eigenvalue weighted by Crippen LogP contribution is -2.40. The summed E-state index contributed by atoms with van der Waals surface area (Å²) in [5.41, 5.74) is 2.06. The summed E-state index contributed by atoms with van der Waals surface area (Å²) in [6, 6.07) is 14.3. The van der Waals surface area contributed by atoms with Crippen molar-refractivity contribution in [2.75, 3.05) is 19.7 Å². The molecular formula is C23H24N4O5S. The van der Waals surface area contributed by atoms with Gasteiger partial charge in [0.05, 0.1) is 23.6 Å². The van der Waals surface area contributed by atoms with Gasteiger partial charge in [0.15, 0.2) is 5.84 Å². The number of imidazole rings is 1. The Morgan fingerprint density at radius 2 is 1.82 bits per heavy atom. The Morgan fingerprint density at radius 3 is 2.64 bits per heavy atom. The van der Waals surface area contributed by atoms with Gasteiger partial charge < -0.3 is 14.6 Å². The molecule has 2 aliphatic heterocycles. The van der Waals surface area contributed by atoms with E-state index in [2.05, 4.69) is 9.38 Å². The first-order valence-corrected chi connectivity index (χ1v) is 12.4. The molecule has 0 spiro atoms. The number of sulfonamides is 1. The van der Waals surface area contributed by atoms with E-state index < -0.39 is 10.0 Å². The number of ether oxygens (including phenoxy) is 1. The number of nitrogens with zero attached hydrogens (tertiary/aromatic N) is 3. The number of piperidine rings is 1. The molecule has 0 bridgehead atoms. The molecular weight excluding hydrogens is 444 g/mol. The Hall–Kier alpha value is -3.40. The Labute approximate surface area is 190 Å². The second-order valence-corrected chi connectivity index (χ2v) is 9.84. The normalized spacial score (nSPS) is 17.7. The first-order valence-electron chi connectivity index (χ1n) is 11.0. The van der Waals surface area contributed by atoms with Crippen LogP contribution in [0.2, 0.25) is 0 Å². The third-order valence-electron chi connectivity index (χ3n) is 6.19. The molecule has 33 heavy (non-hydrogen) atoms. The number of carbonyl (C=O) groups is 1. The van der Waals surface area contributed by atoms with Crippen molar-refractivity contribution in [2.45, 2.75) is 30.7 Å². The first kappa shape index (κ1) is 21.4. The van der Waals surface area contributed by atoms with Gasteiger partial charge in [0, 0.05) is 25.2 Å². The quantitative estimate of drug-likeness (QED) is 0.453. The maximum absolute atomic E-state index is 12.5. The summed E-state index contributed by atoms with van der Waals surface area (Å²) in [4.78, 5) is 29.6. The van der Waals surface area contributed by atoms with E-state index in [4.69, 9.17) is 4.74 Å². The standard InChI is InChI=1S/C23H24N4O5S/c28-22(32-15-5-12-27-19-8-3-2-7-18(19)24-23(27)29)16-10-13-26(14-11-16)21-17-6-1-4-9-20(17)33(30,31)25-21/h1-4,6-9,16H,5,10-15H2,(H,24,29). The summed E-state index contributed by atoms with van der Waals surface area (Å²) in [6.45, 7) is 1.77. The molecule has 5 rings (SSSR count). The number of hydrogen-bond donors (Lipinski definition) is 1. The summed E-state index contributed by atoms with van der Waals surface area (Å²) in [5, 5.41) is 0. The van der Waals surface area contributed by atoms with Crippen LogP contribution in [0.3, 0.4) is 0 Å². The number of H-pyrrole nitrogens is 1. The zero-order valence-corrected chi connectivity index (χ0v) is 18.8. The number of esters is 1. The molecule has 1 fully saturated rings. The average Bonchev–Trinajstić information content (AvgIpc) is 3.29. The van der Waals surface area contributed by atoms with E-state index in [1.54, 1.807) is 28.8 Å². The van der Waals surface area contributed by atoms with Crippen molar-refractivity contribution >= 4 is 32.9 Å². The fourth-order valence-electron chi connectivity index (χ4n) is 4.49. The minimum atomic E-state index is -3.66. The van der Waals surface area contributed by atoms with E-state index in [0.29, 0.717) is 50.3 Å². The minimum Gasteiger partial charge on any atom is -0.465 e. The van der Waals surface area contributed by atoms with Crippen LogP contribution >= 0.6 is 0 Å². The molecule has 1 N–H and O–H groups in total. The highest BCUT2D eigenvalue weighted by Gasteiger charge is 2.34. The molecule has 172 valence electrons. The largest absolute Gasteiger partial charge is 0.465 e. The molecule has 0 amide bonds. The number of para-hydroxylation sites is 2. The monoisotopic (exact) mass is 468 g/mol. The number of benzene rings is 2. The molecule has 1 saturated heterocycles. The number of hydrogen-bond acceptors (Lipinski definition) is 6. The summed E-state index contributed by atoms with van der Waals surface area (Å²) >= 11 is 0. The summed E-state index contributed by atoms with van der Waals surface area (Å²) in [7, 11) is -3.66.